The number of amides is 2. The normalized spacial score (nSPS) is 17.9. The van der Waals surface area contributed by atoms with Crippen molar-refractivity contribution in [1.29, 1.82) is 0 Å². The highest BCUT2D eigenvalue weighted by molar-refractivity contribution is 6.36. The average Bonchev–Trinajstić information content (AvgIpc) is 3.00. The number of halogens is 1. The van der Waals surface area contributed by atoms with Crippen LogP contribution in [0.1, 0.15) is 43.2 Å². The number of likely N-dealkylation sites (N-methyl/N-ethyl adjacent to an activating group) is 1. The van der Waals surface area contributed by atoms with Gasteiger partial charge in [-0.15, -0.1) is 0 Å². The molecule has 0 N–H and O–H groups in total. The van der Waals surface area contributed by atoms with Crippen molar-refractivity contribution in [1.82, 2.24) is 9.80 Å². The van der Waals surface area contributed by atoms with Crippen molar-refractivity contribution < 1.29 is 9.59 Å². The lowest BCUT2D eigenvalue weighted by Gasteiger charge is -2.30. The van der Waals surface area contributed by atoms with Gasteiger partial charge in [0.2, 0.25) is 0 Å². The van der Waals surface area contributed by atoms with Crippen LogP contribution >= 0.6 is 11.6 Å². The Balaban J connectivity index is 1.73. The molecule has 4 nitrogen and oxygen atoms in total. The molecule has 0 saturated heterocycles. The van der Waals surface area contributed by atoms with E-state index in [4.69, 9.17) is 11.6 Å². The van der Waals surface area contributed by atoms with Gasteiger partial charge in [0.05, 0.1) is 5.57 Å². The molecule has 4 rings (SSSR count). The highest BCUT2D eigenvalue weighted by Crippen LogP contribution is 2.36. The van der Waals surface area contributed by atoms with Gasteiger partial charge in [0.1, 0.15) is 5.70 Å². The Morgan fingerprint density at radius 3 is 2.24 bits per heavy atom. The molecule has 2 aromatic carbocycles. The molecule has 0 atom stereocenters. The van der Waals surface area contributed by atoms with E-state index in [1.165, 1.54) is 11.3 Å². The van der Waals surface area contributed by atoms with Crippen molar-refractivity contribution >= 4 is 29.0 Å². The van der Waals surface area contributed by atoms with Crippen LogP contribution in [0, 0.1) is 0 Å². The molecule has 2 aromatic rings. The number of benzene rings is 2. The van der Waals surface area contributed by atoms with Gasteiger partial charge >= 0.3 is 0 Å². The molecule has 0 bridgehead atoms. The SMILES string of the molecule is CN(Cc1ccccc1)C1=C(c2ccc(Cl)cc2)C(=O)N(C2CCCCC2)C1=O. The fourth-order valence-electron chi connectivity index (χ4n) is 4.37. The van der Waals surface area contributed by atoms with E-state index in [1.807, 2.05) is 54.4 Å². The van der Waals surface area contributed by atoms with E-state index in [-0.39, 0.29) is 17.9 Å². The first-order valence-corrected chi connectivity index (χ1v) is 10.6. The molecular weight excluding hydrogens is 384 g/mol. The minimum Gasteiger partial charge on any atom is -0.365 e. The van der Waals surface area contributed by atoms with Crippen LogP contribution < -0.4 is 0 Å². The number of rotatable bonds is 5. The van der Waals surface area contributed by atoms with E-state index < -0.39 is 0 Å². The third kappa shape index (κ3) is 3.95. The Morgan fingerprint density at radius 1 is 0.931 bits per heavy atom. The van der Waals surface area contributed by atoms with E-state index in [2.05, 4.69) is 0 Å². The van der Waals surface area contributed by atoms with Crippen LogP contribution in [-0.4, -0.2) is 34.7 Å². The van der Waals surface area contributed by atoms with Gasteiger partial charge in [0.15, 0.2) is 0 Å². The number of carbonyl (C=O) groups excluding carboxylic acids is 2. The zero-order valence-electron chi connectivity index (χ0n) is 16.6. The summed E-state index contributed by atoms with van der Waals surface area (Å²) in [5.74, 6) is -0.357. The maximum atomic E-state index is 13.5. The largest absolute Gasteiger partial charge is 0.365 e. The molecule has 29 heavy (non-hydrogen) atoms. The first-order valence-electron chi connectivity index (χ1n) is 10.2. The Kier molecular flexibility index (Phi) is 5.72. The van der Waals surface area contributed by atoms with Crippen LogP contribution in [0.4, 0.5) is 0 Å². The first kappa shape index (κ1) is 19.7. The number of hydrogen-bond acceptors (Lipinski definition) is 3. The quantitative estimate of drug-likeness (QED) is 0.661. The predicted octanol–water partition coefficient (Wildman–Crippen LogP) is 4.88. The van der Waals surface area contributed by atoms with Crippen LogP contribution in [0.15, 0.2) is 60.3 Å². The highest BCUT2D eigenvalue weighted by atomic mass is 35.5. The fourth-order valence-corrected chi connectivity index (χ4v) is 4.50. The number of imide groups is 1. The lowest BCUT2D eigenvalue weighted by Crippen LogP contribution is -2.43. The second-order valence-corrected chi connectivity index (χ2v) is 8.28. The van der Waals surface area contributed by atoms with Gasteiger partial charge in [-0.3, -0.25) is 14.5 Å². The summed E-state index contributed by atoms with van der Waals surface area (Å²) in [4.78, 5) is 30.4. The van der Waals surface area contributed by atoms with Gasteiger partial charge in [-0.05, 0) is 36.1 Å². The Morgan fingerprint density at radius 2 is 1.59 bits per heavy atom. The number of hydrogen-bond donors (Lipinski definition) is 0. The summed E-state index contributed by atoms with van der Waals surface area (Å²) in [6.45, 7) is 0.560. The van der Waals surface area contributed by atoms with E-state index in [0.717, 1.165) is 36.8 Å². The third-order valence-corrected chi connectivity index (χ3v) is 6.06. The summed E-state index contributed by atoms with van der Waals surface area (Å²) in [5, 5.41) is 0.606. The summed E-state index contributed by atoms with van der Waals surface area (Å²) in [5.41, 5.74) is 2.79. The Hall–Kier alpha value is -2.59. The molecule has 0 spiro atoms. The molecule has 1 heterocycles. The van der Waals surface area contributed by atoms with Gasteiger partial charge in [-0.1, -0.05) is 73.3 Å². The number of carbonyl (C=O) groups is 2. The third-order valence-electron chi connectivity index (χ3n) is 5.81. The minimum absolute atomic E-state index is 0.00586. The monoisotopic (exact) mass is 408 g/mol. The summed E-state index contributed by atoms with van der Waals surface area (Å²) >= 11 is 6.05. The molecule has 0 unspecified atom stereocenters. The maximum absolute atomic E-state index is 13.5. The van der Waals surface area contributed by atoms with Crippen molar-refractivity contribution in [3.8, 4) is 0 Å². The molecule has 1 saturated carbocycles. The maximum Gasteiger partial charge on any atom is 0.278 e. The van der Waals surface area contributed by atoms with Crippen LogP contribution in [0.3, 0.4) is 0 Å². The predicted molar refractivity (Wildman–Crippen MR) is 115 cm³/mol. The van der Waals surface area contributed by atoms with Gasteiger partial charge in [-0.25, -0.2) is 0 Å². The van der Waals surface area contributed by atoms with Crippen molar-refractivity contribution in [2.24, 2.45) is 0 Å². The van der Waals surface area contributed by atoms with Crippen molar-refractivity contribution in [3.05, 3.63) is 76.4 Å². The lowest BCUT2D eigenvalue weighted by atomic mass is 9.94. The minimum atomic E-state index is -0.181. The van der Waals surface area contributed by atoms with Gasteiger partial charge in [-0.2, -0.15) is 0 Å². The van der Waals surface area contributed by atoms with Crippen molar-refractivity contribution in [2.45, 2.75) is 44.7 Å². The zero-order chi connectivity index (χ0) is 20.4. The van der Waals surface area contributed by atoms with E-state index in [1.54, 1.807) is 12.1 Å². The number of nitrogens with zero attached hydrogens (tertiary/aromatic N) is 2. The standard InChI is InChI=1S/C24H25ClN2O2/c1-26(16-17-8-4-2-5-9-17)22-21(18-12-14-19(25)15-13-18)23(28)27(24(22)29)20-10-6-3-7-11-20/h2,4-5,8-9,12-15,20H,3,6-7,10-11,16H2,1H3. The molecule has 150 valence electrons. The summed E-state index contributed by atoms with van der Waals surface area (Å²) in [6.07, 6.45) is 5.08. The molecule has 0 radical (unpaired) electrons. The van der Waals surface area contributed by atoms with Crippen molar-refractivity contribution in [2.75, 3.05) is 7.05 Å². The fraction of sp³-hybridized carbons (Fsp3) is 0.333. The Labute approximate surface area is 176 Å². The van der Waals surface area contributed by atoms with Crippen LogP contribution in [0.5, 0.6) is 0 Å². The molecule has 5 heteroatoms. The summed E-state index contributed by atoms with van der Waals surface area (Å²) < 4.78 is 0. The van der Waals surface area contributed by atoms with E-state index in [9.17, 15) is 9.59 Å². The summed E-state index contributed by atoms with van der Waals surface area (Å²) in [7, 11) is 1.88. The second kappa shape index (κ2) is 8.42. The molecular formula is C24H25ClN2O2. The molecule has 0 aromatic heterocycles. The van der Waals surface area contributed by atoms with Crippen molar-refractivity contribution in [3.63, 3.8) is 0 Å². The Bertz CT molecular complexity index is 931. The van der Waals surface area contributed by atoms with Gasteiger partial charge in [0, 0.05) is 24.7 Å². The molecule has 2 amide bonds. The van der Waals surface area contributed by atoms with E-state index >= 15 is 0 Å². The molecule has 1 fully saturated rings. The first-order chi connectivity index (χ1) is 14.1. The topological polar surface area (TPSA) is 40.6 Å². The van der Waals surface area contributed by atoms with E-state index in [0.29, 0.717) is 22.8 Å². The molecule has 1 aliphatic carbocycles. The lowest BCUT2D eigenvalue weighted by molar-refractivity contribution is -0.140. The van der Waals surface area contributed by atoms with Crippen LogP contribution in [0.2, 0.25) is 5.02 Å². The van der Waals surface area contributed by atoms with Crippen LogP contribution in [-0.2, 0) is 16.1 Å². The average molecular weight is 409 g/mol. The smallest absolute Gasteiger partial charge is 0.278 e. The second-order valence-electron chi connectivity index (χ2n) is 7.84. The highest BCUT2D eigenvalue weighted by Gasteiger charge is 2.44. The summed E-state index contributed by atoms with van der Waals surface area (Å²) in [6, 6.07) is 17.2. The van der Waals surface area contributed by atoms with Crippen LogP contribution in [0.25, 0.3) is 5.57 Å². The molecule has 1 aliphatic heterocycles. The van der Waals surface area contributed by atoms with Gasteiger partial charge in [0.25, 0.3) is 11.8 Å². The molecule has 2 aliphatic rings. The zero-order valence-corrected chi connectivity index (χ0v) is 17.4. The van der Waals surface area contributed by atoms with Gasteiger partial charge < -0.3 is 4.90 Å².